The van der Waals surface area contributed by atoms with Gasteiger partial charge in [-0.2, -0.15) is 12.6 Å². The highest BCUT2D eigenvalue weighted by Crippen LogP contribution is 2.25. The van der Waals surface area contributed by atoms with Crippen molar-refractivity contribution < 1.29 is 27.7 Å². The van der Waals surface area contributed by atoms with E-state index in [0.717, 1.165) is 10.6 Å². The first-order valence-electron chi connectivity index (χ1n) is 9.17. The first kappa shape index (κ1) is 22.2. The number of thiol groups is 1. The fraction of sp³-hybridized carbons (Fsp3) is 0.529. The maximum atomic E-state index is 12.6. The van der Waals surface area contributed by atoms with E-state index in [0.29, 0.717) is 18.5 Å². The number of amides is 3. The molecule has 0 aliphatic carbocycles. The average Bonchev–Trinajstić information content (AvgIpc) is 3.23. The van der Waals surface area contributed by atoms with Gasteiger partial charge in [-0.3, -0.25) is 10.1 Å². The lowest BCUT2D eigenvalue weighted by atomic mass is 10.2. The Labute approximate surface area is 179 Å². The van der Waals surface area contributed by atoms with E-state index in [9.17, 15) is 28.1 Å². The van der Waals surface area contributed by atoms with Crippen LogP contribution >= 0.6 is 12.6 Å². The third-order valence-corrected chi connectivity index (χ3v) is 6.54. The predicted molar refractivity (Wildman–Crippen MR) is 110 cm³/mol. The molecule has 0 radical (unpaired) electrons. The Morgan fingerprint density at radius 1 is 1.30 bits per heavy atom. The molecule has 1 aromatic rings. The van der Waals surface area contributed by atoms with Gasteiger partial charge in [-0.15, -0.1) is 0 Å². The van der Waals surface area contributed by atoms with Crippen LogP contribution < -0.4 is 0 Å². The summed E-state index contributed by atoms with van der Waals surface area (Å²) in [5.41, 5.74) is 0.548. The van der Waals surface area contributed by atoms with E-state index < -0.39 is 27.1 Å². The van der Waals surface area contributed by atoms with Crippen molar-refractivity contribution in [3.8, 4) is 0 Å². The number of urea groups is 1. The number of carbonyl (C=O) groups is 2. The summed E-state index contributed by atoms with van der Waals surface area (Å²) in [5, 5.41) is 10.6. The molecule has 2 aliphatic rings. The highest BCUT2D eigenvalue weighted by molar-refractivity contribution is 7.88. The zero-order valence-corrected chi connectivity index (χ0v) is 17.9. The minimum atomic E-state index is -3.63. The molecule has 0 saturated carbocycles. The fourth-order valence-electron chi connectivity index (χ4n) is 3.52. The molecule has 164 valence electrons. The Balaban J connectivity index is 1.59. The number of carbonyl (C=O) groups excluding carboxylic acids is 2. The van der Waals surface area contributed by atoms with E-state index in [-0.39, 0.29) is 43.2 Å². The van der Waals surface area contributed by atoms with Crippen LogP contribution in [0.25, 0.3) is 0 Å². The van der Waals surface area contributed by atoms with Gasteiger partial charge in [0.05, 0.1) is 23.8 Å². The smallest absolute Gasteiger partial charge is 0.410 e. The zero-order valence-electron chi connectivity index (χ0n) is 16.2. The summed E-state index contributed by atoms with van der Waals surface area (Å²) in [7, 11) is -3.63. The summed E-state index contributed by atoms with van der Waals surface area (Å²) in [4.78, 5) is 38.0. The summed E-state index contributed by atoms with van der Waals surface area (Å²) < 4.78 is 29.5. The predicted octanol–water partition coefficient (Wildman–Crippen LogP) is 1.30. The molecule has 3 rings (SSSR count). The number of benzene rings is 1. The van der Waals surface area contributed by atoms with Gasteiger partial charge in [0.1, 0.15) is 6.61 Å². The summed E-state index contributed by atoms with van der Waals surface area (Å²) in [6.07, 6.45) is 0.940. The van der Waals surface area contributed by atoms with Crippen molar-refractivity contribution in [2.24, 2.45) is 0 Å². The van der Waals surface area contributed by atoms with Crippen molar-refractivity contribution in [1.82, 2.24) is 14.1 Å². The number of ether oxygens (including phenoxy) is 1. The largest absolute Gasteiger partial charge is 0.445 e. The molecular weight excluding hydrogens is 436 g/mol. The van der Waals surface area contributed by atoms with Crippen molar-refractivity contribution in [1.29, 1.82) is 0 Å². The summed E-state index contributed by atoms with van der Waals surface area (Å²) in [6.45, 7) is 0.811. The first-order chi connectivity index (χ1) is 14.1. The molecule has 13 heteroatoms. The van der Waals surface area contributed by atoms with Gasteiger partial charge in [-0.05, 0) is 24.1 Å². The van der Waals surface area contributed by atoms with E-state index in [4.69, 9.17) is 4.74 Å². The highest BCUT2D eigenvalue weighted by Gasteiger charge is 2.40. The van der Waals surface area contributed by atoms with Crippen molar-refractivity contribution in [3.05, 3.63) is 39.9 Å². The van der Waals surface area contributed by atoms with Gasteiger partial charge in [-0.25, -0.2) is 22.3 Å². The summed E-state index contributed by atoms with van der Waals surface area (Å²) in [6, 6.07) is 4.74. The van der Waals surface area contributed by atoms with Crippen LogP contribution in [0.3, 0.4) is 0 Å². The second kappa shape index (κ2) is 8.68. The number of nitro benzene ring substituents is 1. The second-order valence-electron chi connectivity index (χ2n) is 7.24. The van der Waals surface area contributed by atoms with Gasteiger partial charge in [0, 0.05) is 37.0 Å². The van der Waals surface area contributed by atoms with Crippen LogP contribution in [0.2, 0.25) is 0 Å². The number of hydrogen-bond donors (Lipinski definition) is 1. The summed E-state index contributed by atoms with van der Waals surface area (Å²) >= 11 is 4.43. The highest BCUT2D eigenvalue weighted by atomic mass is 32.2. The lowest BCUT2D eigenvalue weighted by molar-refractivity contribution is -0.384. The molecule has 30 heavy (non-hydrogen) atoms. The second-order valence-corrected chi connectivity index (χ2v) is 9.87. The molecule has 0 bridgehead atoms. The SMILES string of the molecule is CS(=O)(=O)N1CCN(C[C@@H]2C[C@H](S)CN2C(=O)OCc2ccc([N+](=O)[O-])cc2)C1=O. The maximum absolute atomic E-state index is 12.6. The lowest BCUT2D eigenvalue weighted by Gasteiger charge is -2.27. The fourth-order valence-corrected chi connectivity index (χ4v) is 4.75. The van der Waals surface area contributed by atoms with Crippen molar-refractivity contribution in [2.45, 2.75) is 24.3 Å². The van der Waals surface area contributed by atoms with Gasteiger partial charge >= 0.3 is 12.1 Å². The van der Waals surface area contributed by atoms with Crippen LogP contribution in [0.5, 0.6) is 0 Å². The van der Waals surface area contributed by atoms with E-state index >= 15 is 0 Å². The van der Waals surface area contributed by atoms with Gasteiger partial charge < -0.3 is 14.5 Å². The molecule has 2 fully saturated rings. The third-order valence-electron chi connectivity index (χ3n) is 5.02. The molecule has 2 aliphatic heterocycles. The normalized spacial score (nSPS) is 21.9. The topological polar surface area (TPSA) is 130 Å². The number of rotatable bonds is 6. The van der Waals surface area contributed by atoms with Gasteiger partial charge in [0.2, 0.25) is 10.0 Å². The molecule has 2 atom stereocenters. The minimum absolute atomic E-state index is 0.0538. The van der Waals surface area contributed by atoms with Crippen LogP contribution in [0.1, 0.15) is 12.0 Å². The molecule has 3 amide bonds. The molecule has 0 N–H and O–H groups in total. The number of likely N-dealkylation sites (tertiary alicyclic amines) is 1. The van der Waals surface area contributed by atoms with Crippen LogP contribution in [0.15, 0.2) is 24.3 Å². The molecule has 2 heterocycles. The number of nitrogens with zero attached hydrogens (tertiary/aromatic N) is 4. The molecule has 0 unspecified atom stereocenters. The lowest BCUT2D eigenvalue weighted by Crippen LogP contribution is -2.45. The van der Waals surface area contributed by atoms with Crippen LogP contribution in [0, 0.1) is 10.1 Å². The zero-order chi connectivity index (χ0) is 22.1. The Morgan fingerprint density at radius 2 is 1.97 bits per heavy atom. The van der Waals surface area contributed by atoms with Gasteiger partial charge in [0.25, 0.3) is 5.69 Å². The van der Waals surface area contributed by atoms with Crippen LogP contribution in [-0.2, 0) is 21.4 Å². The van der Waals surface area contributed by atoms with E-state index in [1.807, 2.05) is 0 Å². The Kier molecular flexibility index (Phi) is 6.41. The van der Waals surface area contributed by atoms with E-state index in [1.54, 1.807) is 0 Å². The Bertz CT molecular complexity index is 938. The molecule has 1 aromatic carbocycles. The van der Waals surface area contributed by atoms with Gasteiger partial charge in [0.15, 0.2) is 0 Å². The van der Waals surface area contributed by atoms with Gasteiger partial charge in [-0.1, -0.05) is 0 Å². The maximum Gasteiger partial charge on any atom is 0.410 e. The van der Waals surface area contributed by atoms with Crippen molar-refractivity contribution >= 4 is 40.5 Å². The Hall–Kier alpha value is -2.54. The summed E-state index contributed by atoms with van der Waals surface area (Å²) in [5.74, 6) is 0. The molecular formula is C17H22N4O7S2. The van der Waals surface area contributed by atoms with Crippen LogP contribution in [0.4, 0.5) is 15.3 Å². The minimum Gasteiger partial charge on any atom is -0.445 e. The molecule has 11 nitrogen and oxygen atoms in total. The Morgan fingerprint density at radius 3 is 2.53 bits per heavy atom. The first-order valence-corrected chi connectivity index (χ1v) is 11.5. The molecule has 0 spiro atoms. The van der Waals surface area contributed by atoms with Crippen molar-refractivity contribution in [2.75, 3.05) is 32.4 Å². The third kappa shape index (κ3) is 4.95. The molecule has 0 aromatic heterocycles. The number of non-ortho nitro benzene ring substituents is 1. The number of hydrogen-bond acceptors (Lipinski definition) is 8. The van der Waals surface area contributed by atoms with E-state index in [1.165, 1.54) is 34.1 Å². The standard InChI is InChI=1S/C17H22N4O7S2/c1-30(26,27)20-7-6-18(16(20)22)9-14-8-15(29)10-19(14)17(23)28-11-12-2-4-13(5-3-12)21(24)25/h2-5,14-15,29H,6-11H2,1H3/t14-,15-/m0/s1. The van der Waals surface area contributed by atoms with E-state index in [2.05, 4.69) is 12.6 Å². The quantitative estimate of drug-likeness (QED) is 0.386. The van der Waals surface area contributed by atoms with Crippen molar-refractivity contribution in [3.63, 3.8) is 0 Å². The number of nitro groups is 1. The monoisotopic (exact) mass is 458 g/mol. The number of sulfonamides is 1. The van der Waals surface area contributed by atoms with Crippen LogP contribution in [-0.4, -0.2) is 83.3 Å². The average molecular weight is 459 g/mol. The molecule has 2 saturated heterocycles.